The van der Waals surface area contributed by atoms with E-state index in [0.717, 1.165) is 50.6 Å². The number of nitrogens with one attached hydrogen (secondary N) is 1. The van der Waals surface area contributed by atoms with E-state index in [-0.39, 0.29) is 6.10 Å². The van der Waals surface area contributed by atoms with Gasteiger partial charge in [-0.15, -0.1) is 0 Å². The number of benzene rings is 1. The van der Waals surface area contributed by atoms with Crippen LogP contribution in [-0.4, -0.2) is 74.4 Å². The largest absolute Gasteiger partial charge is 0.496 e. The number of piperazine rings is 1. The molecule has 0 radical (unpaired) electrons. The van der Waals surface area contributed by atoms with Crippen molar-refractivity contribution in [2.24, 2.45) is 0 Å². The Kier molecular flexibility index (Phi) is 6.45. The van der Waals surface area contributed by atoms with Gasteiger partial charge in [0.1, 0.15) is 5.75 Å². The minimum absolute atomic E-state index is 0.317. The Balaban J connectivity index is 1.79. The summed E-state index contributed by atoms with van der Waals surface area (Å²) in [5.74, 6) is 0.904. The van der Waals surface area contributed by atoms with Gasteiger partial charge in [-0.25, -0.2) is 0 Å². The van der Waals surface area contributed by atoms with Crippen molar-refractivity contribution in [2.45, 2.75) is 12.6 Å². The van der Waals surface area contributed by atoms with E-state index in [1.54, 1.807) is 7.11 Å². The van der Waals surface area contributed by atoms with Crippen molar-refractivity contribution in [3.63, 3.8) is 0 Å². The molecular formula is C16H27N3O2. The van der Waals surface area contributed by atoms with Crippen LogP contribution in [0.5, 0.6) is 5.75 Å². The molecule has 0 amide bonds. The molecule has 5 nitrogen and oxygen atoms in total. The molecule has 0 saturated carbocycles. The highest BCUT2D eigenvalue weighted by Crippen LogP contribution is 2.18. The first kappa shape index (κ1) is 16.2. The van der Waals surface area contributed by atoms with Gasteiger partial charge in [-0.05, 0) is 13.1 Å². The maximum atomic E-state index is 10.2. The van der Waals surface area contributed by atoms with Gasteiger partial charge in [-0.3, -0.25) is 9.80 Å². The molecule has 1 aliphatic heterocycles. The SMILES string of the molecule is COc1ccccc1CN(C)CC(O)CN1CCNCC1. The molecule has 21 heavy (non-hydrogen) atoms. The van der Waals surface area contributed by atoms with Gasteiger partial charge in [0.15, 0.2) is 0 Å². The number of aliphatic hydroxyl groups excluding tert-OH is 1. The standard InChI is InChI=1S/C16H27N3O2/c1-18(11-14-5-3-4-6-16(14)21-2)12-15(20)13-19-9-7-17-8-10-19/h3-6,15,17,20H,7-13H2,1-2H3. The second-order valence-electron chi connectivity index (χ2n) is 5.71. The van der Waals surface area contributed by atoms with Gasteiger partial charge >= 0.3 is 0 Å². The normalized spacial score (nSPS) is 17.9. The first-order valence-corrected chi connectivity index (χ1v) is 7.60. The third kappa shape index (κ3) is 5.28. The van der Waals surface area contributed by atoms with Crippen LogP contribution in [0.1, 0.15) is 5.56 Å². The summed E-state index contributed by atoms with van der Waals surface area (Å²) in [5, 5.41) is 13.6. The van der Waals surface area contributed by atoms with E-state index in [0.29, 0.717) is 6.54 Å². The highest BCUT2D eigenvalue weighted by atomic mass is 16.5. The minimum Gasteiger partial charge on any atom is -0.496 e. The van der Waals surface area contributed by atoms with E-state index in [2.05, 4.69) is 21.2 Å². The molecule has 0 spiro atoms. The number of methoxy groups -OCH3 is 1. The monoisotopic (exact) mass is 293 g/mol. The maximum absolute atomic E-state index is 10.2. The number of β-amino-alcohol motifs (C(OH)–C–C–N with tert-alkyl or cyclic N) is 1. The molecule has 2 rings (SSSR count). The fourth-order valence-electron chi connectivity index (χ4n) is 2.80. The van der Waals surface area contributed by atoms with Crippen LogP contribution < -0.4 is 10.1 Å². The van der Waals surface area contributed by atoms with E-state index < -0.39 is 0 Å². The van der Waals surface area contributed by atoms with Crippen molar-refractivity contribution < 1.29 is 9.84 Å². The summed E-state index contributed by atoms with van der Waals surface area (Å²) < 4.78 is 5.37. The molecule has 2 N–H and O–H groups in total. The molecule has 1 saturated heterocycles. The van der Waals surface area contributed by atoms with E-state index in [1.165, 1.54) is 0 Å². The average Bonchev–Trinajstić information content (AvgIpc) is 2.48. The summed E-state index contributed by atoms with van der Waals surface area (Å²) in [6.45, 7) is 6.27. The summed E-state index contributed by atoms with van der Waals surface area (Å²) in [6, 6.07) is 8.03. The number of aliphatic hydroxyl groups is 1. The Morgan fingerprint density at radius 2 is 2.05 bits per heavy atom. The summed E-state index contributed by atoms with van der Waals surface area (Å²) >= 11 is 0. The van der Waals surface area contributed by atoms with E-state index >= 15 is 0 Å². The number of nitrogens with zero attached hydrogens (tertiary/aromatic N) is 2. The fourth-order valence-corrected chi connectivity index (χ4v) is 2.80. The van der Waals surface area contributed by atoms with Crippen LogP contribution in [0, 0.1) is 0 Å². The van der Waals surface area contributed by atoms with Crippen molar-refractivity contribution in [2.75, 3.05) is 53.4 Å². The Hall–Kier alpha value is -1.14. The molecule has 0 aromatic heterocycles. The number of hydrogen-bond acceptors (Lipinski definition) is 5. The Morgan fingerprint density at radius 3 is 2.76 bits per heavy atom. The van der Waals surface area contributed by atoms with E-state index in [9.17, 15) is 5.11 Å². The van der Waals surface area contributed by atoms with Crippen molar-refractivity contribution in [3.8, 4) is 5.75 Å². The molecular weight excluding hydrogens is 266 g/mol. The summed E-state index contributed by atoms with van der Waals surface area (Å²) in [6.07, 6.45) is -0.317. The summed E-state index contributed by atoms with van der Waals surface area (Å²) in [5.41, 5.74) is 1.15. The van der Waals surface area contributed by atoms with E-state index in [4.69, 9.17) is 4.74 Å². The smallest absolute Gasteiger partial charge is 0.123 e. The zero-order valence-corrected chi connectivity index (χ0v) is 13.1. The molecule has 1 aliphatic rings. The van der Waals surface area contributed by atoms with Crippen molar-refractivity contribution in [3.05, 3.63) is 29.8 Å². The number of hydrogen-bond donors (Lipinski definition) is 2. The molecule has 1 atom stereocenters. The number of rotatable bonds is 7. The van der Waals surface area contributed by atoms with Crippen molar-refractivity contribution in [1.82, 2.24) is 15.1 Å². The van der Waals surface area contributed by atoms with Crippen LogP contribution in [0.2, 0.25) is 0 Å². The highest BCUT2D eigenvalue weighted by molar-refractivity contribution is 5.32. The van der Waals surface area contributed by atoms with Gasteiger partial charge < -0.3 is 15.2 Å². The Bertz CT molecular complexity index is 422. The second kappa shape index (κ2) is 8.34. The third-order valence-corrected chi connectivity index (χ3v) is 3.83. The molecule has 1 fully saturated rings. The van der Waals surface area contributed by atoms with Gasteiger partial charge in [-0.2, -0.15) is 0 Å². The zero-order valence-electron chi connectivity index (χ0n) is 13.1. The van der Waals surface area contributed by atoms with Crippen LogP contribution in [0.25, 0.3) is 0 Å². The van der Waals surface area contributed by atoms with E-state index in [1.807, 2.05) is 25.2 Å². The predicted molar refractivity (Wildman–Crippen MR) is 84.6 cm³/mol. The topological polar surface area (TPSA) is 48.0 Å². The number of likely N-dealkylation sites (N-methyl/N-ethyl adjacent to an activating group) is 1. The van der Waals surface area contributed by atoms with Gasteiger partial charge in [0, 0.05) is 51.4 Å². The first-order chi connectivity index (χ1) is 10.2. The molecule has 1 heterocycles. The van der Waals surface area contributed by atoms with Crippen LogP contribution in [-0.2, 0) is 6.54 Å². The zero-order chi connectivity index (χ0) is 15.1. The lowest BCUT2D eigenvalue weighted by Gasteiger charge is -2.30. The molecule has 1 aromatic rings. The molecule has 1 aromatic carbocycles. The summed E-state index contributed by atoms with van der Waals surface area (Å²) in [7, 11) is 3.73. The quantitative estimate of drug-likeness (QED) is 0.762. The van der Waals surface area contributed by atoms with Gasteiger partial charge in [0.25, 0.3) is 0 Å². The average molecular weight is 293 g/mol. The van der Waals surface area contributed by atoms with Gasteiger partial charge in [-0.1, -0.05) is 18.2 Å². The first-order valence-electron chi connectivity index (χ1n) is 7.60. The van der Waals surface area contributed by atoms with Crippen LogP contribution >= 0.6 is 0 Å². The Labute approximate surface area is 127 Å². The Morgan fingerprint density at radius 1 is 1.33 bits per heavy atom. The molecule has 5 heteroatoms. The number of para-hydroxylation sites is 1. The predicted octanol–water partition coefficient (Wildman–Crippen LogP) is 0.393. The second-order valence-corrected chi connectivity index (χ2v) is 5.71. The third-order valence-electron chi connectivity index (χ3n) is 3.83. The van der Waals surface area contributed by atoms with Gasteiger partial charge in [0.05, 0.1) is 13.2 Å². The lowest BCUT2D eigenvalue weighted by Crippen LogP contribution is -2.48. The molecule has 0 bridgehead atoms. The molecule has 118 valence electrons. The van der Waals surface area contributed by atoms with Crippen molar-refractivity contribution >= 4 is 0 Å². The lowest BCUT2D eigenvalue weighted by atomic mass is 10.2. The maximum Gasteiger partial charge on any atom is 0.123 e. The van der Waals surface area contributed by atoms with Crippen LogP contribution in [0.15, 0.2) is 24.3 Å². The summed E-state index contributed by atoms with van der Waals surface area (Å²) in [4.78, 5) is 4.46. The lowest BCUT2D eigenvalue weighted by molar-refractivity contribution is 0.0750. The van der Waals surface area contributed by atoms with Crippen LogP contribution in [0.4, 0.5) is 0 Å². The van der Waals surface area contributed by atoms with Gasteiger partial charge in [0.2, 0.25) is 0 Å². The minimum atomic E-state index is -0.317. The van der Waals surface area contributed by atoms with Crippen LogP contribution in [0.3, 0.4) is 0 Å². The number of ether oxygens (including phenoxy) is 1. The fraction of sp³-hybridized carbons (Fsp3) is 0.625. The molecule has 1 unspecified atom stereocenters. The van der Waals surface area contributed by atoms with Crippen molar-refractivity contribution in [1.29, 1.82) is 0 Å². The highest BCUT2D eigenvalue weighted by Gasteiger charge is 2.16. The molecule has 0 aliphatic carbocycles.